The first-order valence-electron chi connectivity index (χ1n) is 39.3. The van der Waals surface area contributed by atoms with Gasteiger partial charge in [0.1, 0.15) is 19.3 Å². The van der Waals surface area contributed by atoms with Crippen LogP contribution in [0.25, 0.3) is 0 Å². The van der Waals surface area contributed by atoms with Crippen LogP contribution < -0.4 is 0 Å². The molecule has 564 valence electrons. The number of phosphoric acid groups is 2. The number of rotatable bonds is 74. The zero-order valence-corrected chi connectivity index (χ0v) is 63.9. The molecule has 0 aliphatic carbocycles. The highest BCUT2D eigenvalue weighted by atomic mass is 31.2. The summed E-state index contributed by atoms with van der Waals surface area (Å²) >= 11 is 0. The summed E-state index contributed by atoms with van der Waals surface area (Å²) < 4.78 is 68.5. The van der Waals surface area contributed by atoms with Gasteiger partial charge in [-0.05, 0) is 43.4 Å². The fourth-order valence-electron chi connectivity index (χ4n) is 11.6. The Balaban J connectivity index is 5.22. The molecule has 0 saturated heterocycles. The molecule has 0 aromatic carbocycles. The number of ether oxygens (including phenoxy) is 4. The number of hydrogen-bond donors (Lipinski definition) is 3. The summed E-state index contributed by atoms with van der Waals surface area (Å²) in [5.74, 6) is 0.236. The average molecular weight is 1400 g/mol. The van der Waals surface area contributed by atoms with E-state index in [4.69, 9.17) is 37.0 Å². The maximum atomic E-state index is 13.1. The number of hydrogen-bond acceptors (Lipinski definition) is 15. The molecule has 0 fully saturated rings. The monoisotopic (exact) mass is 1400 g/mol. The van der Waals surface area contributed by atoms with Gasteiger partial charge in [0, 0.05) is 25.7 Å². The SMILES string of the molecule is CCCCCCCCCCC(=O)OC[C@H](COP(=O)(O)OC[C@H](O)COP(=O)(O)OC[C@@H](COC(=O)CCCCCCCCCCCCCCCC(C)C)OC(=O)CCCCCCCCCCCCCCCC(C)C)OC(=O)CCCCCCCCCCCCCCC(C)C. The van der Waals surface area contributed by atoms with Crippen molar-refractivity contribution in [2.24, 2.45) is 17.8 Å². The van der Waals surface area contributed by atoms with E-state index in [-0.39, 0.29) is 25.7 Å². The molecule has 17 nitrogen and oxygen atoms in total. The molecule has 0 radical (unpaired) electrons. The molecule has 2 unspecified atom stereocenters. The third-order valence-corrected chi connectivity index (χ3v) is 19.5. The lowest BCUT2D eigenvalue weighted by atomic mass is 10.0. The van der Waals surface area contributed by atoms with Crippen molar-refractivity contribution in [1.29, 1.82) is 0 Å². The lowest BCUT2D eigenvalue weighted by molar-refractivity contribution is -0.161. The molecule has 0 aliphatic rings. The predicted octanol–water partition coefficient (Wildman–Crippen LogP) is 22.2. The molecule has 0 saturated carbocycles. The minimum absolute atomic E-state index is 0.107. The molecular formula is C76H148O17P2. The van der Waals surface area contributed by atoms with Gasteiger partial charge in [0.2, 0.25) is 0 Å². The molecule has 0 heterocycles. The van der Waals surface area contributed by atoms with Crippen molar-refractivity contribution < 1.29 is 80.2 Å². The van der Waals surface area contributed by atoms with Gasteiger partial charge >= 0.3 is 39.5 Å². The van der Waals surface area contributed by atoms with Gasteiger partial charge < -0.3 is 33.8 Å². The van der Waals surface area contributed by atoms with Crippen molar-refractivity contribution in [3.05, 3.63) is 0 Å². The van der Waals surface area contributed by atoms with Gasteiger partial charge in [-0.3, -0.25) is 37.3 Å². The summed E-state index contributed by atoms with van der Waals surface area (Å²) in [6, 6.07) is 0. The Kier molecular flexibility index (Phi) is 65.2. The zero-order valence-electron chi connectivity index (χ0n) is 62.1. The minimum atomic E-state index is -4.96. The number of unbranched alkanes of at least 4 members (excludes halogenated alkanes) is 42. The first-order valence-corrected chi connectivity index (χ1v) is 42.3. The van der Waals surface area contributed by atoms with Crippen LogP contribution in [0.1, 0.15) is 389 Å². The molecule has 0 rings (SSSR count). The molecule has 5 atom stereocenters. The van der Waals surface area contributed by atoms with Gasteiger partial charge in [-0.1, -0.05) is 337 Å². The Morgan fingerprint density at radius 3 is 0.716 bits per heavy atom. The first kappa shape index (κ1) is 93.1. The van der Waals surface area contributed by atoms with E-state index in [2.05, 4.69) is 48.5 Å². The van der Waals surface area contributed by atoms with Gasteiger partial charge in [0.25, 0.3) is 0 Å². The van der Waals surface area contributed by atoms with Crippen molar-refractivity contribution >= 4 is 39.5 Å². The molecule has 0 aromatic heterocycles. The second-order valence-electron chi connectivity index (χ2n) is 28.8. The van der Waals surface area contributed by atoms with Crippen molar-refractivity contribution in [1.82, 2.24) is 0 Å². The molecule has 19 heteroatoms. The van der Waals surface area contributed by atoms with Crippen LogP contribution in [0.3, 0.4) is 0 Å². The minimum Gasteiger partial charge on any atom is -0.462 e. The third-order valence-electron chi connectivity index (χ3n) is 17.6. The Bertz CT molecular complexity index is 1850. The second-order valence-corrected chi connectivity index (χ2v) is 31.7. The maximum Gasteiger partial charge on any atom is 0.472 e. The predicted molar refractivity (Wildman–Crippen MR) is 386 cm³/mol. The van der Waals surface area contributed by atoms with Gasteiger partial charge in [-0.2, -0.15) is 0 Å². The van der Waals surface area contributed by atoms with Gasteiger partial charge in [-0.25, -0.2) is 9.13 Å². The lowest BCUT2D eigenvalue weighted by Gasteiger charge is -2.21. The van der Waals surface area contributed by atoms with Gasteiger partial charge in [-0.15, -0.1) is 0 Å². The summed E-state index contributed by atoms with van der Waals surface area (Å²) in [5.41, 5.74) is 0. The van der Waals surface area contributed by atoms with E-state index >= 15 is 0 Å². The number of carbonyl (C=O) groups is 4. The highest BCUT2D eigenvalue weighted by Gasteiger charge is 2.30. The Morgan fingerprint density at radius 2 is 0.484 bits per heavy atom. The number of carbonyl (C=O) groups excluding carboxylic acids is 4. The third kappa shape index (κ3) is 70.3. The van der Waals surface area contributed by atoms with Crippen molar-refractivity contribution in [3.8, 4) is 0 Å². The Hall–Kier alpha value is -1.94. The molecule has 0 aromatic rings. The van der Waals surface area contributed by atoms with Gasteiger partial charge in [0.05, 0.1) is 26.4 Å². The second kappa shape index (κ2) is 66.6. The van der Waals surface area contributed by atoms with E-state index in [1.165, 1.54) is 193 Å². The number of phosphoric ester groups is 2. The summed E-state index contributed by atoms with van der Waals surface area (Å²) in [7, 11) is -9.91. The van der Waals surface area contributed by atoms with Crippen LogP contribution in [0.5, 0.6) is 0 Å². The van der Waals surface area contributed by atoms with Crippen LogP contribution in [0.15, 0.2) is 0 Å². The summed E-state index contributed by atoms with van der Waals surface area (Å²) in [6.45, 7) is 11.9. The van der Waals surface area contributed by atoms with E-state index < -0.39 is 97.5 Å². The Morgan fingerprint density at radius 1 is 0.284 bits per heavy atom. The summed E-state index contributed by atoms with van der Waals surface area (Å²) in [6.07, 6.45) is 52.7. The van der Waals surface area contributed by atoms with Crippen LogP contribution >= 0.6 is 15.6 Å². The van der Waals surface area contributed by atoms with Crippen LogP contribution in [-0.2, 0) is 65.4 Å². The van der Waals surface area contributed by atoms with Crippen LogP contribution in [-0.4, -0.2) is 96.7 Å². The van der Waals surface area contributed by atoms with Crippen LogP contribution in [0.4, 0.5) is 0 Å². The quantitative estimate of drug-likeness (QED) is 0.0222. The molecular weight excluding hydrogens is 1250 g/mol. The van der Waals surface area contributed by atoms with Crippen molar-refractivity contribution in [2.45, 2.75) is 407 Å². The largest absolute Gasteiger partial charge is 0.472 e. The van der Waals surface area contributed by atoms with Crippen molar-refractivity contribution in [3.63, 3.8) is 0 Å². The van der Waals surface area contributed by atoms with Crippen LogP contribution in [0.2, 0.25) is 0 Å². The smallest absolute Gasteiger partial charge is 0.462 e. The van der Waals surface area contributed by atoms with Gasteiger partial charge in [0.15, 0.2) is 12.2 Å². The molecule has 0 aliphatic heterocycles. The number of esters is 4. The molecule has 0 bridgehead atoms. The normalized spacial score (nSPS) is 14.1. The molecule has 95 heavy (non-hydrogen) atoms. The first-order chi connectivity index (χ1) is 45.7. The maximum absolute atomic E-state index is 13.1. The topological polar surface area (TPSA) is 237 Å². The average Bonchev–Trinajstić information content (AvgIpc) is 1.55. The van der Waals surface area contributed by atoms with E-state index in [0.717, 1.165) is 114 Å². The number of aliphatic hydroxyl groups excluding tert-OH is 1. The Labute approximate surface area is 581 Å². The van der Waals surface area contributed by atoms with E-state index in [1.54, 1.807) is 0 Å². The van der Waals surface area contributed by atoms with E-state index in [1.807, 2.05) is 0 Å². The van der Waals surface area contributed by atoms with E-state index in [9.17, 15) is 43.2 Å². The standard InChI is InChI=1S/C76H148O17P2/c1-8-9-10-11-12-36-43-50-57-73(78)86-63-71(92-76(81)60-53-46-39-32-26-20-19-23-29-35-42-49-56-69(6)7)65-90-94(82,83)88-61-70(77)62-89-95(84,85)91-66-72(93-75(80)59-52-45-38-31-25-18-14-16-22-28-34-41-48-55-68(4)5)64-87-74(79)58-51-44-37-30-24-17-13-15-21-27-33-40-47-54-67(2)3/h67-72,77H,8-66H2,1-7H3,(H,82,83)(H,84,85)/t70-,71+,72+/m0/s1. The summed E-state index contributed by atoms with van der Waals surface area (Å²) in [5, 5.41) is 10.6. The van der Waals surface area contributed by atoms with Crippen LogP contribution in [0, 0.1) is 17.8 Å². The molecule has 3 N–H and O–H groups in total. The zero-order chi connectivity index (χ0) is 70.1. The molecule has 0 spiro atoms. The fraction of sp³-hybridized carbons (Fsp3) is 0.947. The molecule has 0 amide bonds. The fourth-order valence-corrected chi connectivity index (χ4v) is 13.2. The summed E-state index contributed by atoms with van der Waals surface area (Å²) in [4.78, 5) is 72.8. The van der Waals surface area contributed by atoms with Crippen molar-refractivity contribution in [2.75, 3.05) is 39.6 Å². The lowest BCUT2D eigenvalue weighted by Crippen LogP contribution is -2.30. The van der Waals surface area contributed by atoms with E-state index in [0.29, 0.717) is 25.7 Å². The number of aliphatic hydroxyl groups is 1. The highest BCUT2D eigenvalue weighted by molar-refractivity contribution is 7.47. The highest BCUT2D eigenvalue weighted by Crippen LogP contribution is 2.45.